The SMILES string of the molecule is CCOCCCNCC1CN(C)CCO1. The van der Waals surface area contributed by atoms with E-state index in [0.717, 1.165) is 52.4 Å². The van der Waals surface area contributed by atoms with Crippen LogP contribution >= 0.6 is 0 Å². The molecule has 0 radical (unpaired) electrons. The number of nitrogens with one attached hydrogen (secondary N) is 1. The van der Waals surface area contributed by atoms with E-state index in [1.54, 1.807) is 0 Å². The molecule has 1 saturated heterocycles. The third kappa shape index (κ3) is 6.10. The van der Waals surface area contributed by atoms with Crippen molar-refractivity contribution >= 4 is 0 Å². The second-order valence-electron chi connectivity index (χ2n) is 4.01. The molecule has 0 amide bonds. The summed E-state index contributed by atoms with van der Waals surface area (Å²) < 4.78 is 10.9. The lowest BCUT2D eigenvalue weighted by Crippen LogP contribution is -2.45. The van der Waals surface area contributed by atoms with Crippen LogP contribution in [0.3, 0.4) is 0 Å². The molecule has 0 aromatic carbocycles. The molecule has 0 aliphatic carbocycles. The maximum atomic E-state index is 5.64. The number of rotatable bonds is 7. The second-order valence-corrected chi connectivity index (χ2v) is 4.01. The maximum Gasteiger partial charge on any atom is 0.0826 e. The van der Waals surface area contributed by atoms with Gasteiger partial charge in [0.25, 0.3) is 0 Å². The minimum Gasteiger partial charge on any atom is -0.382 e. The van der Waals surface area contributed by atoms with Gasteiger partial charge >= 0.3 is 0 Å². The molecule has 1 rings (SSSR count). The van der Waals surface area contributed by atoms with Crippen LogP contribution in [0.15, 0.2) is 0 Å². The molecule has 4 nitrogen and oxygen atoms in total. The third-order valence-corrected chi connectivity index (χ3v) is 2.56. The summed E-state index contributed by atoms with van der Waals surface area (Å²) in [5.74, 6) is 0. The molecule has 1 atom stereocenters. The molecule has 0 bridgehead atoms. The van der Waals surface area contributed by atoms with Crippen molar-refractivity contribution in [2.75, 3.05) is 53.0 Å². The Morgan fingerprint density at radius 1 is 1.53 bits per heavy atom. The van der Waals surface area contributed by atoms with Crippen LogP contribution in [0.4, 0.5) is 0 Å². The average Bonchev–Trinajstić information content (AvgIpc) is 2.23. The monoisotopic (exact) mass is 216 g/mol. The molecule has 0 spiro atoms. The van der Waals surface area contributed by atoms with E-state index in [1.807, 2.05) is 6.92 Å². The highest BCUT2D eigenvalue weighted by atomic mass is 16.5. The number of nitrogens with zero attached hydrogens (tertiary/aromatic N) is 1. The summed E-state index contributed by atoms with van der Waals surface area (Å²) in [5, 5.41) is 3.40. The fourth-order valence-electron chi connectivity index (χ4n) is 1.70. The van der Waals surface area contributed by atoms with E-state index in [-0.39, 0.29) is 0 Å². The number of likely N-dealkylation sites (N-methyl/N-ethyl adjacent to an activating group) is 1. The van der Waals surface area contributed by atoms with Crippen LogP contribution in [0.25, 0.3) is 0 Å². The standard InChI is InChI=1S/C11H24N2O2/c1-3-14-7-4-5-12-9-11-10-13(2)6-8-15-11/h11-12H,3-10H2,1-2H3. The van der Waals surface area contributed by atoms with Crippen LogP contribution < -0.4 is 5.32 Å². The first kappa shape index (κ1) is 12.9. The fourth-order valence-corrected chi connectivity index (χ4v) is 1.70. The van der Waals surface area contributed by atoms with Crippen molar-refractivity contribution in [1.82, 2.24) is 10.2 Å². The van der Waals surface area contributed by atoms with Gasteiger partial charge in [-0.1, -0.05) is 0 Å². The molecule has 0 aromatic heterocycles. The minimum absolute atomic E-state index is 0.357. The van der Waals surface area contributed by atoms with Gasteiger partial charge in [-0.15, -0.1) is 0 Å². The Labute approximate surface area is 92.9 Å². The van der Waals surface area contributed by atoms with E-state index in [1.165, 1.54) is 0 Å². The summed E-state index contributed by atoms with van der Waals surface area (Å²) in [5.41, 5.74) is 0. The molecule has 1 unspecified atom stereocenters. The van der Waals surface area contributed by atoms with E-state index >= 15 is 0 Å². The van der Waals surface area contributed by atoms with Crippen LogP contribution in [-0.2, 0) is 9.47 Å². The van der Waals surface area contributed by atoms with Gasteiger partial charge in [-0.2, -0.15) is 0 Å². The quantitative estimate of drug-likeness (QED) is 0.622. The molecule has 1 aliphatic heterocycles. The van der Waals surface area contributed by atoms with E-state index in [4.69, 9.17) is 9.47 Å². The van der Waals surface area contributed by atoms with Crippen molar-refractivity contribution in [1.29, 1.82) is 0 Å². The molecule has 1 fully saturated rings. The third-order valence-electron chi connectivity index (χ3n) is 2.56. The van der Waals surface area contributed by atoms with Crippen LogP contribution in [-0.4, -0.2) is 64.1 Å². The smallest absolute Gasteiger partial charge is 0.0826 e. The molecule has 1 heterocycles. The van der Waals surface area contributed by atoms with Crippen molar-refractivity contribution in [3.8, 4) is 0 Å². The Morgan fingerprint density at radius 3 is 3.13 bits per heavy atom. The fraction of sp³-hybridized carbons (Fsp3) is 1.00. The van der Waals surface area contributed by atoms with Crippen LogP contribution in [0.2, 0.25) is 0 Å². The summed E-state index contributed by atoms with van der Waals surface area (Å²) in [6, 6.07) is 0. The molecule has 1 aliphatic rings. The average molecular weight is 216 g/mol. The summed E-state index contributed by atoms with van der Waals surface area (Å²) in [4.78, 5) is 2.32. The topological polar surface area (TPSA) is 33.7 Å². The van der Waals surface area contributed by atoms with Gasteiger partial charge < -0.3 is 19.7 Å². The van der Waals surface area contributed by atoms with E-state index in [0.29, 0.717) is 6.10 Å². The highest BCUT2D eigenvalue weighted by Crippen LogP contribution is 2.01. The molecule has 15 heavy (non-hydrogen) atoms. The van der Waals surface area contributed by atoms with Gasteiger partial charge in [0.15, 0.2) is 0 Å². The maximum absolute atomic E-state index is 5.64. The lowest BCUT2D eigenvalue weighted by molar-refractivity contribution is -0.0181. The first-order valence-electron chi connectivity index (χ1n) is 5.91. The lowest BCUT2D eigenvalue weighted by atomic mass is 10.3. The van der Waals surface area contributed by atoms with Crippen LogP contribution in [0.1, 0.15) is 13.3 Å². The minimum atomic E-state index is 0.357. The number of morpholine rings is 1. The van der Waals surface area contributed by atoms with Gasteiger partial charge in [0.05, 0.1) is 12.7 Å². The molecule has 0 saturated carbocycles. The normalized spacial score (nSPS) is 23.2. The molecule has 90 valence electrons. The second kappa shape index (κ2) is 8.05. The molecule has 0 aromatic rings. The van der Waals surface area contributed by atoms with Crippen LogP contribution in [0.5, 0.6) is 0 Å². The molecular weight excluding hydrogens is 192 g/mol. The Balaban J connectivity index is 1.90. The van der Waals surface area contributed by atoms with Gasteiger partial charge in [-0.3, -0.25) is 0 Å². The number of ether oxygens (including phenoxy) is 2. The van der Waals surface area contributed by atoms with Crippen molar-refractivity contribution < 1.29 is 9.47 Å². The van der Waals surface area contributed by atoms with Gasteiger partial charge in [0.2, 0.25) is 0 Å². The van der Waals surface area contributed by atoms with Crippen molar-refractivity contribution in [3.05, 3.63) is 0 Å². The Bertz CT molecular complexity index is 156. The van der Waals surface area contributed by atoms with Crippen molar-refractivity contribution in [3.63, 3.8) is 0 Å². The highest BCUT2D eigenvalue weighted by molar-refractivity contribution is 4.70. The summed E-state index contributed by atoms with van der Waals surface area (Å²) in [6.07, 6.45) is 1.44. The predicted octanol–water partition coefficient (Wildman–Crippen LogP) is 0.333. The van der Waals surface area contributed by atoms with Crippen molar-refractivity contribution in [2.45, 2.75) is 19.4 Å². The van der Waals surface area contributed by atoms with Gasteiger partial charge in [0, 0.05) is 32.8 Å². The highest BCUT2D eigenvalue weighted by Gasteiger charge is 2.16. The largest absolute Gasteiger partial charge is 0.382 e. The number of hydrogen-bond donors (Lipinski definition) is 1. The van der Waals surface area contributed by atoms with E-state index in [2.05, 4.69) is 17.3 Å². The van der Waals surface area contributed by atoms with E-state index in [9.17, 15) is 0 Å². The van der Waals surface area contributed by atoms with Gasteiger partial charge in [-0.05, 0) is 26.9 Å². The van der Waals surface area contributed by atoms with E-state index < -0.39 is 0 Å². The van der Waals surface area contributed by atoms with Gasteiger partial charge in [-0.25, -0.2) is 0 Å². The Hall–Kier alpha value is -0.160. The Kier molecular flexibility index (Phi) is 6.92. The molecular formula is C11H24N2O2. The molecule has 4 heteroatoms. The molecule has 1 N–H and O–H groups in total. The lowest BCUT2D eigenvalue weighted by Gasteiger charge is -2.30. The van der Waals surface area contributed by atoms with Crippen LogP contribution in [0, 0.1) is 0 Å². The number of hydrogen-bond acceptors (Lipinski definition) is 4. The zero-order valence-electron chi connectivity index (χ0n) is 10.00. The first-order chi connectivity index (χ1) is 7.33. The first-order valence-corrected chi connectivity index (χ1v) is 5.91. The summed E-state index contributed by atoms with van der Waals surface area (Å²) in [7, 11) is 2.14. The zero-order chi connectivity index (χ0) is 10.9. The van der Waals surface area contributed by atoms with Crippen molar-refractivity contribution in [2.24, 2.45) is 0 Å². The van der Waals surface area contributed by atoms with Gasteiger partial charge in [0.1, 0.15) is 0 Å². The summed E-state index contributed by atoms with van der Waals surface area (Å²) >= 11 is 0. The predicted molar refractivity (Wildman–Crippen MR) is 61.2 cm³/mol. The zero-order valence-corrected chi connectivity index (χ0v) is 10.00. The Morgan fingerprint density at radius 2 is 2.40 bits per heavy atom. The summed E-state index contributed by atoms with van der Waals surface area (Å²) in [6.45, 7) is 8.63.